The zero-order valence-corrected chi connectivity index (χ0v) is 17.9. The molecule has 4 nitrogen and oxygen atoms in total. The van der Waals surface area contributed by atoms with Crippen molar-refractivity contribution in [3.63, 3.8) is 0 Å². The van der Waals surface area contributed by atoms with Gasteiger partial charge in [-0.15, -0.1) is 0 Å². The zero-order valence-electron chi connectivity index (χ0n) is 17.9. The Morgan fingerprint density at radius 3 is 2.13 bits per heavy atom. The van der Waals surface area contributed by atoms with E-state index in [1.807, 2.05) is 71.6 Å². The Morgan fingerprint density at radius 1 is 0.839 bits per heavy atom. The largest absolute Gasteiger partial charge is 0.496 e. The van der Waals surface area contributed by atoms with Crippen LogP contribution in [0.25, 0.3) is 11.6 Å². The smallest absolute Gasteiger partial charge is 0.254 e. The van der Waals surface area contributed by atoms with Gasteiger partial charge in [0.1, 0.15) is 5.75 Å². The average Bonchev–Trinajstić information content (AvgIpc) is 2.84. The molecule has 0 spiro atoms. The van der Waals surface area contributed by atoms with Gasteiger partial charge in [0.25, 0.3) is 5.91 Å². The van der Waals surface area contributed by atoms with Gasteiger partial charge in [0.2, 0.25) is 0 Å². The fourth-order valence-electron chi connectivity index (χ4n) is 3.95. The highest BCUT2D eigenvalue weighted by Crippen LogP contribution is 2.26. The van der Waals surface area contributed by atoms with Crippen molar-refractivity contribution in [2.45, 2.75) is 6.54 Å². The molecule has 0 unspecified atom stereocenters. The standard InChI is InChI=1S/C27H28N2O2/c1-31-26-15-9-8-14-24(26)20-25(23-12-6-3-7-13-23)27(30)29-18-16-28(17-19-29)21-22-10-4-2-5-11-22/h2-15,20H,16-19,21H2,1H3. The first kappa shape index (κ1) is 20.9. The topological polar surface area (TPSA) is 32.8 Å². The normalized spacial score (nSPS) is 15.0. The first-order chi connectivity index (χ1) is 15.2. The van der Waals surface area contributed by atoms with Gasteiger partial charge in [-0.25, -0.2) is 0 Å². The van der Waals surface area contributed by atoms with Crippen LogP contribution >= 0.6 is 0 Å². The number of benzene rings is 3. The minimum Gasteiger partial charge on any atom is -0.496 e. The Kier molecular flexibility index (Phi) is 6.80. The molecule has 1 fully saturated rings. The molecule has 0 aliphatic carbocycles. The van der Waals surface area contributed by atoms with Crippen molar-refractivity contribution in [1.29, 1.82) is 0 Å². The van der Waals surface area contributed by atoms with Gasteiger partial charge in [-0.05, 0) is 23.3 Å². The number of hydrogen-bond acceptors (Lipinski definition) is 3. The lowest BCUT2D eigenvalue weighted by Gasteiger charge is -2.35. The van der Waals surface area contributed by atoms with Crippen molar-refractivity contribution >= 4 is 17.6 Å². The number of nitrogens with zero attached hydrogens (tertiary/aromatic N) is 2. The Morgan fingerprint density at radius 2 is 1.45 bits per heavy atom. The van der Waals surface area contributed by atoms with Crippen molar-refractivity contribution < 1.29 is 9.53 Å². The van der Waals surface area contributed by atoms with Gasteiger partial charge in [0.05, 0.1) is 7.11 Å². The Balaban J connectivity index is 1.53. The Labute approximate surface area is 184 Å². The third-order valence-corrected chi connectivity index (χ3v) is 5.66. The molecule has 158 valence electrons. The maximum absolute atomic E-state index is 13.6. The zero-order chi connectivity index (χ0) is 21.5. The summed E-state index contributed by atoms with van der Waals surface area (Å²) in [5.41, 5.74) is 3.83. The van der Waals surface area contributed by atoms with E-state index in [1.54, 1.807) is 7.11 Å². The van der Waals surface area contributed by atoms with E-state index in [9.17, 15) is 4.79 Å². The van der Waals surface area contributed by atoms with Gasteiger partial charge in [0.15, 0.2) is 0 Å². The van der Waals surface area contributed by atoms with Crippen LogP contribution < -0.4 is 4.74 Å². The molecule has 3 aromatic carbocycles. The fourth-order valence-corrected chi connectivity index (χ4v) is 3.95. The molecular formula is C27H28N2O2. The van der Waals surface area contributed by atoms with E-state index in [1.165, 1.54) is 5.56 Å². The predicted octanol–water partition coefficient (Wildman–Crippen LogP) is 4.58. The van der Waals surface area contributed by atoms with E-state index < -0.39 is 0 Å². The van der Waals surface area contributed by atoms with Gasteiger partial charge in [0, 0.05) is 43.9 Å². The summed E-state index contributed by atoms with van der Waals surface area (Å²) < 4.78 is 5.50. The van der Waals surface area contributed by atoms with E-state index in [2.05, 4.69) is 29.2 Å². The van der Waals surface area contributed by atoms with E-state index in [0.717, 1.165) is 49.6 Å². The minimum atomic E-state index is 0.0662. The molecule has 1 saturated heterocycles. The van der Waals surface area contributed by atoms with Crippen LogP contribution in [0.2, 0.25) is 0 Å². The average molecular weight is 413 g/mol. The molecule has 0 bridgehead atoms. The van der Waals surface area contributed by atoms with Crippen molar-refractivity contribution in [2.75, 3.05) is 33.3 Å². The summed E-state index contributed by atoms with van der Waals surface area (Å²) in [4.78, 5) is 17.9. The van der Waals surface area contributed by atoms with Crippen molar-refractivity contribution in [3.8, 4) is 5.75 Å². The number of carbonyl (C=O) groups excluding carboxylic acids is 1. The Hall–Kier alpha value is -3.37. The molecule has 0 atom stereocenters. The van der Waals surface area contributed by atoms with Gasteiger partial charge >= 0.3 is 0 Å². The molecule has 0 saturated carbocycles. The molecule has 1 amide bonds. The number of piperazine rings is 1. The van der Waals surface area contributed by atoms with E-state index in [4.69, 9.17) is 4.74 Å². The lowest BCUT2D eigenvalue weighted by molar-refractivity contribution is -0.126. The van der Waals surface area contributed by atoms with Crippen molar-refractivity contribution in [2.24, 2.45) is 0 Å². The monoisotopic (exact) mass is 412 g/mol. The summed E-state index contributed by atoms with van der Waals surface area (Å²) in [7, 11) is 1.66. The summed E-state index contributed by atoms with van der Waals surface area (Å²) in [5.74, 6) is 0.827. The summed E-state index contributed by atoms with van der Waals surface area (Å²) in [6.07, 6.45) is 1.95. The van der Waals surface area contributed by atoms with Gasteiger partial charge in [-0.1, -0.05) is 78.9 Å². The molecule has 4 rings (SSSR count). The van der Waals surface area contributed by atoms with Gasteiger partial charge in [-0.3, -0.25) is 9.69 Å². The van der Waals surface area contributed by atoms with Crippen LogP contribution in [0.1, 0.15) is 16.7 Å². The van der Waals surface area contributed by atoms with Crippen LogP contribution in [0.3, 0.4) is 0 Å². The number of carbonyl (C=O) groups is 1. The molecule has 0 aromatic heterocycles. The lowest BCUT2D eigenvalue weighted by Crippen LogP contribution is -2.48. The van der Waals surface area contributed by atoms with Crippen LogP contribution in [0.15, 0.2) is 84.9 Å². The van der Waals surface area contributed by atoms with E-state index >= 15 is 0 Å². The highest BCUT2D eigenvalue weighted by atomic mass is 16.5. The summed E-state index contributed by atoms with van der Waals surface area (Å²) in [6.45, 7) is 4.11. The number of amides is 1. The summed E-state index contributed by atoms with van der Waals surface area (Å²) >= 11 is 0. The van der Waals surface area contributed by atoms with Crippen LogP contribution in [-0.2, 0) is 11.3 Å². The van der Waals surface area contributed by atoms with Crippen LogP contribution in [-0.4, -0.2) is 49.0 Å². The first-order valence-corrected chi connectivity index (χ1v) is 10.7. The second-order valence-corrected chi connectivity index (χ2v) is 7.72. The third kappa shape index (κ3) is 5.22. The molecule has 1 heterocycles. The third-order valence-electron chi connectivity index (χ3n) is 5.66. The quantitative estimate of drug-likeness (QED) is 0.439. The fraction of sp³-hybridized carbons (Fsp3) is 0.222. The number of methoxy groups -OCH3 is 1. The van der Waals surface area contributed by atoms with Gasteiger partial charge < -0.3 is 9.64 Å². The minimum absolute atomic E-state index is 0.0662. The Bertz CT molecular complexity index is 1020. The van der Waals surface area contributed by atoms with Gasteiger partial charge in [-0.2, -0.15) is 0 Å². The highest BCUT2D eigenvalue weighted by molar-refractivity contribution is 6.24. The van der Waals surface area contributed by atoms with E-state index in [0.29, 0.717) is 5.57 Å². The van der Waals surface area contributed by atoms with Crippen molar-refractivity contribution in [3.05, 3.63) is 102 Å². The molecular weight excluding hydrogens is 384 g/mol. The second-order valence-electron chi connectivity index (χ2n) is 7.72. The molecule has 1 aliphatic rings. The first-order valence-electron chi connectivity index (χ1n) is 10.7. The molecule has 0 radical (unpaired) electrons. The molecule has 31 heavy (non-hydrogen) atoms. The highest BCUT2D eigenvalue weighted by Gasteiger charge is 2.24. The number of para-hydroxylation sites is 1. The molecule has 0 N–H and O–H groups in total. The van der Waals surface area contributed by atoms with E-state index in [-0.39, 0.29) is 5.91 Å². The van der Waals surface area contributed by atoms with Crippen LogP contribution in [0.5, 0.6) is 5.75 Å². The number of hydrogen-bond donors (Lipinski definition) is 0. The summed E-state index contributed by atoms with van der Waals surface area (Å²) in [5, 5.41) is 0. The predicted molar refractivity (Wildman–Crippen MR) is 126 cm³/mol. The summed E-state index contributed by atoms with van der Waals surface area (Å²) in [6, 6.07) is 28.2. The number of ether oxygens (including phenoxy) is 1. The molecule has 4 heteroatoms. The lowest BCUT2D eigenvalue weighted by atomic mass is 10.0. The van der Waals surface area contributed by atoms with Crippen LogP contribution in [0.4, 0.5) is 0 Å². The number of rotatable bonds is 6. The SMILES string of the molecule is COc1ccccc1C=C(C(=O)N1CCN(Cc2ccccc2)CC1)c1ccccc1. The second kappa shape index (κ2) is 10.1. The molecule has 1 aliphatic heterocycles. The maximum Gasteiger partial charge on any atom is 0.254 e. The van der Waals surface area contributed by atoms with Crippen molar-refractivity contribution in [1.82, 2.24) is 9.80 Å². The van der Waals surface area contributed by atoms with Crippen LogP contribution in [0, 0.1) is 0 Å². The molecule has 3 aromatic rings. The maximum atomic E-state index is 13.6.